The van der Waals surface area contributed by atoms with Crippen molar-refractivity contribution in [1.29, 1.82) is 0 Å². The van der Waals surface area contributed by atoms with Crippen molar-refractivity contribution in [3.05, 3.63) is 35.4 Å². The topological polar surface area (TPSA) is 49.8 Å². The van der Waals surface area contributed by atoms with E-state index >= 15 is 0 Å². The summed E-state index contributed by atoms with van der Waals surface area (Å²) in [6.07, 6.45) is -4.93. The van der Waals surface area contributed by atoms with Gasteiger partial charge in [-0.2, -0.15) is 13.2 Å². The van der Waals surface area contributed by atoms with Crippen molar-refractivity contribution < 1.29 is 27.8 Å². The van der Waals surface area contributed by atoms with Crippen LogP contribution in [0.25, 0.3) is 0 Å². The molecule has 0 saturated carbocycles. The van der Waals surface area contributed by atoms with Crippen molar-refractivity contribution in [3.8, 4) is 0 Å². The van der Waals surface area contributed by atoms with Crippen LogP contribution in [0.5, 0.6) is 0 Å². The number of alkyl halides is 3. The lowest BCUT2D eigenvalue weighted by Crippen LogP contribution is -2.41. The number of hydrogen-bond donors (Lipinski definition) is 1. The number of rotatable bonds is 3. The average molecular weight is 289 g/mol. The monoisotopic (exact) mass is 289 g/mol. The molecule has 1 saturated heterocycles. The molecule has 1 atom stereocenters. The number of nitrogens with zero attached hydrogens (tertiary/aromatic N) is 1. The summed E-state index contributed by atoms with van der Waals surface area (Å²) in [7, 11) is 0. The second-order valence-corrected chi connectivity index (χ2v) is 4.61. The number of ether oxygens (including phenoxy) is 1. The summed E-state index contributed by atoms with van der Waals surface area (Å²) in [6, 6.07) is 4.94. The molecule has 0 bridgehead atoms. The highest BCUT2D eigenvalue weighted by molar-refractivity contribution is 5.69. The van der Waals surface area contributed by atoms with E-state index in [9.17, 15) is 18.0 Å². The molecular weight excluding hydrogens is 275 g/mol. The number of carboxylic acids is 1. The Kier molecular flexibility index (Phi) is 4.29. The van der Waals surface area contributed by atoms with Crippen molar-refractivity contribution in [1.82, 2.24) is 4.90 Å². The number of carboxylic acid groups (broad SMARTS) is 1. The smallest absolute Gasteiger partial charge is 0.416 e. The minimum absolute atomic E-state index is 0.140. The predicted octanol–water partition coefficient (Wildman–Crippen LogP) is 2.16. The highest BCUT2D eigenvalue weighted by Crippen LogP contribution is 2.32. The first-order valence-electron chi connectivity index (χ1n) is 6.09. The maximum absolute atomic E-state index is 12.7. The quantitative estimate of drug-likeness (QED) is 0.926. The van der Waals surface area contributed by atoms with Crippen LogP contribution in [-0.2, 0) is 15.7 Å². The van der Waals surface area contributed by atoms with Gasteiger partial charge in [0.25, 0.3) is 0 Å². The first kappa shape index (κ1) is 14.8. The van der Waals surface area contributed by atoms with E-state index in [2.05, 4.69) is 0 Å². The number of carbonyl (C=O) groups is 1. The van der Waals surface area contributed by atoms with Crippen molar-refractivity contribution in [2.24, 2.45) is 0 Å². The van der Waals surface area contributed by atoms with Crippen LogP contribution in [0.15, 0.2) is 24.3 Å². The Morgan fingerprint density at radius 1 is 1.45 bits per heavy atom. The molecule has 0 aliphatic carbocycles. The third kappa shape index (κ3) is 3.71. The molecule has 0 amide bonds. The fourth-order valence-corrected chi connectivity index (χ4v) is 2.15. The summed E-state index contributed by atoms with van der Waals surface area (Å²) in [6.45, 7) is 0.891. The fraction of sp³-hybridized carbons (Fsp3) is 0.462. The number of benzene rings is 1. The molecule has 0 spiro atoms. The summed E-state index contributed by atoms with van der Waals surface area (Å²) < 4.78 is 43.4. The van der Waals surface area contributed by atoms with Crippen LogP contribution in [0.4, 0.5) is 13.2 Å². The van der Waals surface area contributed by atoms with Crippen LogP contribution >= 0.6 is 0 Å². The van der Waals surface area contributed by atoms with E-state index in [0.717, 1.165) is 12.1 Å². The first-order valence-corrected chi connectivity index (χ1v) is 6.09. The van der Waals surface area contributed by atoms with Crippen LogP contribution in [0.3, 0.4) is 0 Å². The summed E-state index contributed by atoms with van der Waals surface area (Å²) in [5, 5.41) is 8.74. The SMILES string of the molecule is O=C(O)CN1CCO[C@H](c2cccc(C(F)(F)F)c2)C1. The molecule has 20 heavy (non-hydrogen) atoms. The third-order valence-electron chi connectivity index (χ3n) is 3.10. The molecular formula is C13H14F3NO3. The normalized spacial score (nSPS) is 20.9. The zero-order valence-corrected chi connectivity index (χ0v) is 10.6. The van der Waals surface area contributed by atoms with E-state index in [4.69, 9.17) is 9.84 Å². The van der Waals surface area contributed by atoms with Gasteiger partial charge in [-0.1, -0.05) is 12.1 Å². The Labute approximate surface area is 113 Å². The predicted molar refractivity (Wildman–Crippen MR) is 64.2 cm³/mol. The van der Waals surface area contributed by atoms with Crippen molar-refractivity contribution >= 4 is 5.97 Å². The molecule has 1 fully saturated rings. The summed E-state index contributed by atoms with van der Waals surface area (Å²) in [4.78, 5) is 12.3. The second-order valence-electron chi connectivity index (χ2n) is 4.61. The number of halogens is 3. The van der Waals surface area contributed by atoms with Crippen LogP contribution in [0.2, 0.25) is 0 Å². The van der Waals surface area contributed by atoms with Crippen LogP contribution in [0.1, 0.15) is 17.2 Å². The summed E-state index contributed by atoms with van der Waals surface area (Å²) in [5.41, 5.74) is -0.316. The van der Waals surface area contributed by atoms with E-state index in [1.165, 1.54) is 6.07 Å². The molecule has 1 heterocycles. The molecule has 0 aromatic heterocycles. The fourth-order valence-electron chi connectivity index (χ4n) is 2.15. The molecule has 0 unspecified atom stereocenters. The van der Waals surface area contributed by atoms with Crippen LogP contribution in [0, 0.1) is 0 Å². The van der Waals surface area contributed by atoms with Gasteiger partial charge in [0.05, 0.1) is 24.8 Å². The van der Waals surface area contributed by atoms with E-state index in [1.54, 1.807) is 11.0 Å². The first-order chi connectivity index (χ1) is 9.36. The third-order valence-corrected chi connectivity index (χ3v) is 3.10. The standard InChI is InChI=1S/C13H14F3NO3/c14-13(15,16)10-3-1-2-9(6-10)11-7-17(4-5-20-11)8-12(18)19/h1-3,6,11H,4-5,7-8H2,(H,18,19)/t11-/m0/s1. The largest absolute Gasteiger partial charge is 0.480 e. The van der Waals surface area contributed by atoms with Crippen molar-refractivity contribution in [2.45, 2.75) is 12.3 Å². The van der Waals surface area contributed by atoms with E-state index in [-0.39, 0.29) is 13.1 Å². The Bertz CT molecular complexity index is 490. The maximum Gasteiger partial charge on any atom is 0.416 e. The lowest BCUT2D eigenvalue weighted by molar-refractivity contribution is -0.140. The van der Waals surface area contributed by atoms with Gasteiger partial charge < -0.3 is 9.84 Å². The molecule has 1 aliphatic heterocycles. The van der Waals surface area contributed by atoms with Gasteiger partial charge in [0.15, 0.2) is 0 Å². The zero-order valence-electron chi connectivity index (χ0n) is 10.6. The van der Waals surface area contributed by atoms with Crippen molar-refractivity contribution in [2.75, 3.05) is 26.2 Å². The van der Waals surface area contributed by atoms with Crippen LogP contribution in [-0.4, -0.2) is 42.2 Å². The van der Waals surface area contributed by atoms with Gasteiger partial charge in [-0.15, -0.1) is 0 Å². The maximum atomic E-state index is 12.7. The summed E-state index contributed by atoms with van der Waals surface area (Å²) >= 11 is 0. The van der Waals surface area contributed by atoms with Gasteiger partial charge in [0, 0.05) is 13.1 Å². The molecule has 1 N–H and O–H groups in total. The lowest BCUT2D eigenvalue weighted by atomic mass is 10.0. The highest BCUT2D eigenvalue weighted by atomic mass is 19.4. The van der Waals surface area contributed by atoms with Crippen LogP contribution < -0.4 is 0 Å². The molecule has 110 valence electrons. The summed E-state index contributed by atoms with van der Waals surface area (Å²) in [5.74, 6) is -0.963. The molecule has 1 aliphatic rings. The Balaban J connectivity index is 2.13. The Hall–Kier alpha value is -1.60. The van der Waals surface area contributed by atoms with Gasteiger partial charge in [-0.25, -0.2) is 0 Å². The number of morpholine rings is 1. The van der Waals surface area contributed by atoms with Gasteiger partial charge in [-0.05, 0) is 17.7 Å². The Morgan fingerprint density at radius 3 is 2.85 bits per heavy atom. The zero-order chi connectivity index (χ0) is 14.8. The van der Waals surface area contributed by atoms with E-state index < -0.39 is 23.8 Å². The molecule has 1 aromatic carbocycles. The van der Waals surface area contributed by atoms with Gasteiger partial charge >= 0.3 is 12.1 Å². The number of aliphatic carboxylic acids is 1. The van der Waals surface area contributed by atoms with Gasteiger partial charge in [0.1, 0.15) is 0 Å². The molecule has 2 rings (SSSR count). The van der Waals surface area contributed by atoms with E-state index in [1.807, 2.05) is 0 Å². The second kappa shape index (κ2) is 5.80. The van der Waals surface area contributed by atoms with E-state index in [0.29, 0.717) is 18.7 Å². The molecule has 7 heteroatoms. The van der Waals surface area contributed by atoms with Gasteiger partial charge in [0.2, 0.25) is 0 Å². The van der Waals surface area contributed by atoms with Crippen molar-refractivity contribution in [3.63, 3.8) is 0 Å². The average Bonchev–Trinajstić information content (AvgIpc) is 2.37. The molecule has 4 nitrogen and oxygen atoms in total. The molecule has 1 aromatic rings. The van der Waals surface area contributed by atoms with Gasteiger partial charge in [-0.3, -0.25) is 9.69 Å². The highest BCUT2D eigenvalue weighted by Gasteiger charge is 2.32. The minimum Gasteiger partial charge on any atom is -0.480 e. The lowest BCUT2D eigenvalue weighted by Gasteiger charge is -2.32. The minimum atomic E-state index is -4.40. The molecule has 0 radical (unpaired) electrons. The number of hydrogen-bond acceptors (Lipinski definition) is 3. The Morgan fingerprint density at radius 2 is 2.20 bits per heavy atom.